The van der Waals surface area contributed by atoms with Crippen molar-refractivity contribution in [3.63, 3.8) is 0 Å². The fraction of sp³-hybridized carbons (Fsp3) is 0.548. The van der Waals surface area contributed by atoms with E-state index in [9.17, 15) is 14.7 Å². The van der Waals surface area contributed by atoms with Crippen LogP contribution in [0.5, 0.6) is 11.5 Å². The van der Waals surface area contributed by atoms with Crippen molar-refractivity contribution in [2.75, 3.05) is 60.2 Å². The van der Waals surface area contributed by atoms with Crippen LogP contribution >= 0.6 is 0 Å². The van der Waals surface area contributed by atoms with Crippen LogP contribution < -0.4 is 20.1 Å². The van der Waals surface area contributed by atoms with Gasteiger partial charge < -0.3 is 34.9 Å². The van der Waals surface area contributed by atoms with Gasteiger partial charge in [0.1, 0.15) is 6.10 Å². The second-order valence-electron chi connectivity index (χ2n) is 10.6. The molecule has 3 rings (SSSR count). The Labute approximate surface area is 238 Å². The highest BCUT2D eigenvalue weighted by molar-refractivity contribution is 5.95. The first-order chi connectivity index (χ1) is 19.3. The third kappa shape index (κ3) is 9.30. The molecule has 1 heterocycles. The smallest absolute Gasteiger partial charge is 0.254 e. The maximum Gasteiger partial charge on any atom is 0.254 e. The lowest BCUT2D eigenvalue weighted by Gasteiger charge is -2.32. The van der Waals surface area contributed by atoms with Gasteiger partial charge in [-0.15, -0.1) is 0 Å². The molecule has 0 radical (unpaired) electrons. The Hall–Kier alpha value is -2.98. The van der Waals surface area contributed by atoms with E-state index < -0.39 is 6.10 Å². The van der Waals surface area contributed by atoms with Crippen LogP contribution in [0.4, 0.5) is 0 Å². The minimum atomic E-state index is -1.03. The standard InChI is InChI=1S/C31H45N3O6/c1-22(2)34(31(37)24-11-12-29(39-4)30(16-24)40-14-8-13-38-3)21-26-19-32-17-25(26)18-33-20-28(36)27(35)15-23-9-6-5-7-10-23/h5-7,9-12,16,22,25-27,32-33,35H,8,13-15,17-21H2,1-4H3/t25-,26-,27-/m0/s1. The van der Waals surface area contributed by atoms with E-state index in [0.717, 1.165) is 25.1 Å². The van der Waals surface area contributed by atoms with Gasteiger partial charge in [0.15, 0.2) is 17.3 Å². The first-order valence-corrected chi connectivity index (χ1v) is 14.1. The fourth-order valence-corrected chi connectivity index (χ4v) is 4.94. The van der Waals surface area contributed by atoms with Crippen molar-refractivity contribution in [2.45, 2.75) is 38.8 Å². The zero-order chi connectivity index (χ0) is 28.9. The average Bonchev–Trinajstić information content (AvgIpc) is 3.40. The lowest BCUT2D eigenvalue weighted by atomic mass is 9.94. The number of carbonyl (C=O) groups is 2. The number of carbonyl (C=O) groups excluding carboxylic acids is 2. The molecule has 1 amide bonds. The highest BCUT2D eigenvalue weighted by Gasteiger charge is 2.32. The zero-order valence-corrected chi connectivity index (χ0v) is 24.2. The fourth-order valence-electron chi connectivity index (χ4n) is 4.94. The Balaban J connectivity index is 1.56. The topological polar surface area (TPSA) is 109 Å². The van der Waals surface area contributed by atoms with Crippen molar-refractivity contribution in [1.82, 2.24) is 15.5 Å². The second kappa shape index (κ2) is 16.3. The van der Waals surface area contributed by atoms with Gasteiger partial charge in [-0.2, -0.15) is 0 Å². The molecule has 0 saturated carbocycles. The normalized spacial score (nSPS) is 17.6. The number of benzene rings is 2. The maximum atomic E-state index is 13.6. The van der Waals surface area contributed by atoms with Gasteiger partial charge in [0.25, 0.3) is 5.91 Å². The molecule has 0 unspecified atom stereocenters. The Morgan fingerprint density at radius 2 is 1.80 bits per heavy atom. The summed E-state index contributed by atoms with van der Waals surface area (Å²) < 4.78 is 16.4. The summed E-state index contributed by atoms with van der Waals surface area (Å²) in [5.74, 6) is 1.33. The number of amides is 1. The SMILES string of the molecule is COCCCOc1cc(C(=O)N(C[C@@H]2CNC[C@H]2CNCC(=O)[C@@H](O)Cc2ccccc2)C(C)C)ccc1OC. The quantitative estimate of drug-likeness (QED) is 0.256. The first-order valence-electron chi connectivity index (χ1n) is 14.1. The van der Waals surface area contributed by atoms with E-state index in [1.807, 2.05) is 49.1 Å². The minimum Gasteiger partial charge on any atom is -0.493 e. The predicted molar refractivity (Wildman–Crippen MR) is 155 cm³/mol. The number of ketones is 1. The Kier molecular flexibility index (Phi) is 12.9. The van der Waals surface area contributed by atoms with E-state index in [1.54, 1.807) is 32.4 Å². The highest BCUT2D eigenvalue weighted by Crippen LogP contribution is 2.29. The lowest BCUT2D eigenvalue weighted by molar-refractivity contribution is -0.126. The number of methoxy groups -OCH3 is 2. The van der Waals surface area contributed by atoms with Crippen molar-refractivity contribution >= 4 is 11.7 Å². The van der Waals surface area contributed by atoms with Crippen molar-refractivity contribution in [1.29, 1.82) is 0 Å². The Bertz CT molecular complexity index is 1060. The van der Waals surface area contributed by atoms with Gasteiger partial charge in [-0.25, -0.2) is 0 Å². The predicted octanol–water partition coefficient (Wildman–Crippen LogP) is 2.56. The van der Waals surface area contributed by atoms with Crippen LogP contribution in [0.25, 0.3) is 0 Å². The molecule has 3 N–H and O–H groups in total. The number of aliphatic hydroxyl groups excluding tert-OH is 1. The molecule has 0 aliphatic carbocycles. The number of aliphatic hydroxyl groups is 1. The Morgan fingerprint density at radius 3 is 2.50 bits per heavy atom. The molecule has 220 valence electrons. The van der Waals surface area contributed by atoms with Crippen LogP contribution in [-0.2, 0) is 16.0 Å². The molecule has 1 aliphatic heterocycles. The van der Waals surface area contributed by atoms with Gasteiger partial charge in [-0.1, -0.05) is 30.3 Å². The third-order valence-corrected chi connectivity index (χ3v) is 7.31. The van der Waals surface area contributed by atoms with Gasteiger partial charge in [0.2, 0.25) is 0 Å². The Morgan fingerprint density at radius 1 is 1.05 bits per heavy atom. The molecule has 0 bridgehead atoms. The molecule has 1 aliphatic rings. The summed E-state index contributed by atoms with van der Waals surface area (Å²) in [7, 11) is 3.23. The second-order valence-corrected chi connectivity index (χ2v) is 10.6. The van der Waals surface area contributed by atoms with Gasteiger partial charge in [-0.3, -0.25) is 9.59 Å². The summed E-state index contributed by atoms with van der Waals surface area (Å²) in [5.41, 5.74) is 1.48. The van der Waals surface area contributed by atoms with Crippen LogP contribution in [0.15, 0.2) is 48.5 Å². The summed E-state index contributed by atoms with van der Waals surface area (Å²) >= 11 is 0. The molecule has 40 heavy (non-hydrogen) atoms. The minimum absolute atomic E-state index is 0.00425. The number of hydrogen-bond donors (Lipinski definition) is 3. The molecule has 2 aromatic carbocycles. The van der Waals surface area contributed by atoms with Crippen molar-refractivity contribution in [2.24, 2.45) is 11.8 Å². The molecular weight excluding hydrogens is 510 g/mol. The van der Waals surface area contributed by atoms with Crippen molar-refractivity contribution in [3.05, 3.63) is 59.7 Å². The van der Waals surface area contributed by atoms with Gasteiger partial charge in [0.05, 0.1) is 20.3 Å². The highest BCUT2D eigenvalue weighted by atomic mass is 16.5. The van der Waals surface area contributed by atoms with Crippen LogP contribution in [0.1, 0.15) is 36.2 Å². The van der Waals surface area contributed by atoms with Crippen LogP contribution in [0, 0.1) is 11.8 Å². The molecule has 2 aromatic rings. The number of nitrogens with one attached hydrogen (secondary N) is 2. The molecule has 1 fully saturated rings. The van der Waals surface area contributed by atoms with E-state index in [0.29, 0.717) is 49.8 Å². The summed E-state index contributed by atoms with van der Waals surface area (Å²) in [6.45, 7) is 8.03. The van der Waals surface area contributed by atoms with E-state index in [1.165, 1.54) is 0 Å². The molecule has 3 atom stereocenters. The van der Waals surface area contributed by atoms with Gasteiger partial charge >= 0.3 is 0 Å². The largest absolute Gasteiger partial charge is 0.493 e. The molecular formula is C31H45N3O6. The zero-order valence-electron chi connectivity index (χ0n) is 24.2. The average molecular weight is 556 g/mol. The van der Waals surface area contributed by atoms with Crippen LogP contribution in [0.3, 0.4) is 0 Å². The molecule has 1 saturated heterocycles. The molecule has 0 spiro atoms. The number of nitrogens with zero attached hydrogens (tertiary/aromatic N) is 1. The van der Waals surface area contributed by atoms with Crippen LogP contribution in [-0.4, -0.2) is 94.0 Å². The number of rotatable bonds is 17. The van der Waals surface area contributed by atoms with Crippen molar-refractivity contribution in [3.8, 4) is 11.5 Å². The van der Waals surface area contributed by atoms with E-state index in [-0.39, 0.29) is 36.1 Å². The first kappa shape index (κ1) is 31.5. The number of hydrogen-bond acceptors (Lipinski definition) is 8. The molecule has 9 nitrogen and oxygen atoms in total. The van der Waals surface area contributed by atoms with Crippen molar-refractivity contribution < 1.29 is 28.9 Å². The number of Topliss-reactive ketones (excluding diaryl/α,β-unsaturated/α-hetero) is 1. The summed E-state index contributed by atoms with van der Waals surface area (Å²) in [6, 6.07) is 14.8. The number of ether oxygens (including phenoxy) is 3. The van der Waals surface area contributed by atoms with E-state index >= 15 is 0 Å². The third-order valence-electron chi connectivity index (χ3n) is 7.31. The monoisotopic (exact) mass is 555 g/mol. The maximum absolute atomic E-state index is 13.6. The van der Waals surface area contributed by atoms with Gasteiger partial charge in [-0.05, 0) is 62.5 Å². The summed E-state index contributed by atoms with van der Waals surface area (Å²) in [6.07, 6.45) is 0.0170. The molecule has 9 heteroatoms. The summed E-state index contributed by atoms with van der Waals surface area (Å²) in [4.78, 5) is 28.0. The lowest BCUT2D eigenvalue weighted by Crippen LogP contribution is -2.44. The van der Waals surface area contributed by atoms with E-state index in [4.69, 9.17) is 14.2 Å². The summed E-state index contributed by atoms with van der Waals surface area (Å²) in [5, 5.41) is 17.0. The van der Waals surface area contributed by atoms with Crippen LogP contribution in [0.2, 0.25) is 0 Å². The molecule has 0 aromatic heterocycles. The van der Waals surface area contributed by atoms with Gasteiger partial charge in [0, 0.05) is 51.3 Å². The van der Waals surface area contributed by atoms with E-state index in [2.05, 4.69) is 10.6 Å².